The van der Waals surface area contributed by atoms with Crippen LogP contribution in [-0.4, -0.2) is 31.7 Å². The minimum absolute atomic E-state index is 0. The summed E-state index contributed by atoms with van der Waals surface area (Å²) in [5, 5.41) is 3.92. The molecule has 0 saturated carbocycles. The van der Waals surface area contributed by atoms with Gasteiger partial charge in [0.05, 0.1) is 25.7 Å². The molecule has 5 nitrogen and oxygen atoms in total. The molecule has 0 bridgehead atoms. The molecule has 6 heteroatoms. The third-order valence-electron chi connectivity index (χ3n) is 2.78. The molecular formula is C19H30NO4Rb. The van der Waals surface area contributed by atoms with Crippen LogP contribution in [0.25, 0.3) is 5.32 Å². The van der Waals surface area contributed by atoms with Gasteiger partial charge in [0.25, 0.3) is 0 Å². The van der Waals surface area contributed by atoms with E-state index in [9.17, 15) is 9.59 Å². The van der Waals surface area contributed by atoms with E-state index in [1.807, 2.05) is 58.0 Å². The number of carbonyl (C=O) groups excluding carboxylic acids is 2. The molecular weight excluding hydrogens is 392 g/mol. The molecule has 0 spiro atoms. The number of amides is 1. The molecule has 0 atom stereocenters. The van der Waals surface area contributed by atoms with Crippen LogP contribution >= 0.6 is 0 Å². The van der Waals surface area contributed by atoms with Gasteiger partial charge < -0.3 is 19.6 Å². The fraction of sp³-hybridized carbons (Fsp3) is 0.579. The van der Waals surface area contributed by atoms with Crippen LogP contribution < -0.4 is 58.2 Å². The Balaban J connectivity index is 0. The minimum Gasteiger partial charge on any atom is -0.648 e. The van der Waals surface area contributed by atoms with Gasteiger partial charge in [-0.1, -0.05) is 63.6 Å². The van der Waals surface area contributed by atoms with Crippen molar-refractivity contribution < 1.29 is 77.3 Å². The Kier molecular flexibility index (Phi) is 20.3. The van der Waals surface area contributed by atoms with Gasteiger partial charge in [-0.2, -0.15) is 0 Å². The predicted molar refractivity (Wildman–Crippen MR) is 95.7 cm³/mol. The van der Waals surface area contributed by atoms with Crippen LogP contribution in [0.1, 0.15) is 46.1 Å². The Morgan fingerprint density at radius 3 is 2.32 bits per heavy atom. The summed E-state index contributed by atoms with van der Waals surface area (Å²) >= 11 is 0. The van der Waals surface area contributed by atoms with Gasteiger partial charge in [0.2, 0.25) is 0 Å². The molecule has 0 radical (unpaired) electrons. The maximum atomic E-state index is 11.5. The summed E-state index contributed by atoms with van der Waals surface area (Å²) in [5.74, 6) is -0.169. The first-order valence-corrected chi connectivity index (χ1v) is 8.55. The van der Waals surface area contributed by atoms with Gasteiger partial charge in [0.15, 0.2) is 0 Å². The van der Waals surface area contributed by atoms with E-state index in [1.165, 1.54) is 0 Å². The van der Waals surface area contributed by atoms with Crippen LogP contribution in [0.3, 0.4) is 0 Å². The first-order chi connectivity index (χ1) is 11.6. The summed E-state index contributed by atoms with van der Waals surface area (Å²) in [5.41, 5.74) is 0.993. The van der Waals surface area contributed by atoms with Gasteiger partial charge in [0, 0.05) is 12.8 Å². The van der Waals surface area contributed by atoms with Gasteiger partial charge in [-0.05, 0) is 5.92 Å². The zero-order valence-electron chi connectivity index (χ0n) is 16.3. The number of rotatable bonds is 10. The quantitative estimate of drug-likeness (QED) is 0.419. The largest absolute Gasteiger partial charge is 1.00 e. The van der Waals surface area contributed by atoms with Gasteiger partial charge in [-0.15, -0.1) is 6.54 Å². The summed E-state index contributed by atoms with van der Waals surface area (Å²) in [6.45, 7) is 8.97. The van der Waals surface area contributed by atoms with Crippen LogP contribution in [0.4, 0.5) is 0 Å². The normalized spacial score (nSPS) is 9.48. The third-order valence-corrected chi connectivity index (χ3v) is 2.78. The van der Waals surface area contributed by atoms with Crippen LogP contribution in [0.5, 0.6) is 0 Å². The fourth-order valence-electron chi connectivity index (χ4n) is 1.71. The molecule has 0 aliphatic heterocycles. The number of hydrogen-bond acceptors (Lipinski definition) is 4. The summed E-state index contributed by atoms with van der Waals surface area (Å²) < 4.78 is 10.3. The average molecular weight is 422 g/mol. The van der Waals surface area contributed by atoms with Crippen LogP contribution in [-0.2, 0) is 25.6 Å². The second-order valence-electron chi connectivity index (χ2n) is 5.42. The number of ether oxygens (including phenoxy) is 2. The molecule has 25 heavy (non-hydrogen) atoms. The topological polar surface area (TPSA) is 66.7 Å². The predicted octanol–water partition coefficient (Wildman–Crippen LogP) is 1.11. The van der Waals surface area contributed by atoms with Crippen LogP contribution in [0.2, 0.25) is 0 Å². The van der Waals surface area contributed by atoms with Gasteiger partial charge in [0.1, 0.15) is 0 Å². The van der Waals surface area contributed by atoms with E-state index in [1.54, 1.807) is 0 Å². The van der Waals surface area contributed by atoms with E-state index >= 15 is 0 Å². The standard InChI is InChI=1S/C17H25NO4.C2H6.Rb/c1-14(2)11-17(20)22-10-6-9-21-13-16(19)18-12-15-7-4-3-5-8-15;1-2;/h3-5,7-8,14H,6,9-13H2,1-2H3,(H,18,19);1-2H3;/q;;+1/p-1. The number of carbonyl (C=O) groups is 2. The first-order valence-electron chi connectivity index (χ1n) is 8.55. The molecule has 136 valence electrons. The Morgan fingerprint density at radius 1 is 1.08 bits per heavy atom. The Labute approximate surface area is 201 Å². The van der Waals surface area contributed by atoms with Gasteiger partial charge in [-0.3, -0.25) is 4.79 Å². The Bertz CT molecular complexity index is 452. The number of hydrogen-bond donors (Lipinski definition) is 0. The van der Waals surface area contributed by atoms with Crippen molar-refractivity contribution in [1.82, 2.24) is 0 Å². The molecule has 1 amide bonds. The number of benzene rings is 1. The zero-order chi connectivity index (χ0) is 18.2. The van der Waals surface area contributed by atoms with Gasteiger partial charge >= 0.3 is 64.2 Å². The summed E-state index contributed by atoms with van der Waals surface area (Å²) in [6.07, 6.45) is 1.01. The summed E-state index contributed by atoms with van der Waals surface area (Å²) in [4.78, 5) is 22.8. The molecule has 1 aromatic rings. The van der Waals surface area contributed by atoms with Gasteiger partial charge in [-0.25, -0.2) is 0 Å². The van der Waals surface area contributed by atoms with Crippen molar-refractivity contribution in [2.24, 2.45) is 5.92 Å². The van der Waals surface area contributed by atoms with E-state index in [-0.39, 0.29) is 76.7 Å². The SMILES string of the molecule is CC.CC(C)CC(=O)OCCCOCC(=O)[N-]Cc1ccccc1.[Rb+]. The van der Waals surface area contributed by atoms with Crippen molar-refractivity contribution in [3.8, 4) is 0 Å². The third kappa shape index (κ3) is 17.1. The molecule has 0 saturated heterocycles. The molecule has 0 heterocycles. The van der Waals surface area contributed by atoms with Crippen molar-refractivity contribution in [2.75, 3.05) is 19.8 Å². The molecule has 0 aromatic heterocycles. The number of nitrogens with zero attached hydrogens (tertiary/aromatic N) is 1. The molecule has 1 aromatic carbocycles. The van der Waals surface area contributed by atoms with Crippen molar-refractivity contribution in [2.45, 2.75) is 47.1 Å². The second kappa shape index (κ2) is 18.7. The Hall–Kier alpha value is -0.0748. The van der Waals surface area contributed by atoms with Crippen molar-refractivity contribution in [1.29, 1.82) is 0 Å². The molecule has 0 aliphatic carbocycles. The number of esters is 1. The maximum absolute atomic E-state index is 11.5. The minimum atomic E-state index is -0.277. The summed E-state index contributed by atoms with van der Waals surface area (Å²) in [7, 11) is 0. The zero-order valence-corrected chi connectivity index (χ0v) is 21.2. The molecule has 0 fully saturated rings. The molecule has 0 N–H and O–H groups in total. The monoisotopic (exact) mass is 421 g/mol. The van der Waals surface area contributed by atoms with E-state index in [4.69, 9.17) is 9.47 Å². The van der Waals surface area contributed by atoms with Crippen molar-refractivity contribution in [3.63, 3.8) is 0 Å². The molecule has 0 aliphatic rings. The van der Waals surface area contributed by atoms with Crippen LogP contribution in [0, 0.1) is 5.92 Å². The summed E-state index contributed by atoms with van der Waals surface area (Å²) in [6, 6.07) is 9.58. The average Bonchev–Trinajstić information content (AvgIpc) is 2.58. The van der Waals surface area contributed by atoms with E-state index in [0.717, 1.165) is 5.56 Å². The first kappa shape index (κ1) is 27.1. The van der Waals surface area contributed by atoms with Crippen molar-refractivity contribution in [3.05, 3.63) is 41.2 Å². The molecule has 1 rings (SSSR count). The van der Waals surface area contributed by atoms with Crippen molar-refractivity contribution >= 4 is 11.9 Å². The van der Waals surface area contributed by atoms with E-state index < -0.39 is 0 Å². The Morgan fingerprint density at radius 2 is 1.72 bits per heavy atom. The smallest absolute Gasteiger partial charge is 0.648 e. The van der Waals surface area contributed by atoms with E-state index in [0.29, 0.717) is 38.5 Å². The fourth-order valence-corrected chi connectivity index (χ4v) is 1.71. The maximum Gasteiger partial charge on any atom is 1.00 e. The second-order valence-corrected chi connectivity index (χ2v) is 5.42. The van der Waals surface area contributed by atoms with E-state index in [2.05, 4.69) is 5.32 Å². The van der Waals surface area contributed by atoms with Crippen LogP contribution in [0.15, 0.2) is 30.3 Å². The molecule has 0 unspecified atom stereocenters.